The summed E-state index contributed by atoms with van der Waals surface area (Å²) in [6, 6.07) is 9.66. The van der Waals surface area contributed by atoms with Gasteiger partial charge >= 0.3 is 5.97 Å². The second-order valence-electron chi connectivity index (χ2n) is 5.23. The summed E-state index contributed by atoms with van der Waals surface area (Å²) in [7, 11) is 2.69. The maximum Gasteiger partial charge on any atom is 0.337 e. The van der Waals surface area contributed by atoms with Crippen molar-refractivity contribution >= 4 is 11.9 Å². The quantitative estimate of drug-likeness (QED) is 0.730. The molecule has 1 amide bonds. The number of carbonyl (C=O) groups is 2. The van der Waals surface area contributed by atoms with E-state index in [1.54, 1.807) is 24.3 Å². The summed E-state index contributed by atoms with van der Waals surface area (Å²) in [5.74, 6) is -1.11. The molecule has 24 heavy (non-hydrogen) atoms. The molecule has 3 N–H and O–H groups in total. The van der Waals surface area contributed by atoms with Crippen LogP contribution in [0.15, 0.2) is 36.4 Å². The van der Waals surface area contributed by atoms with Gasteiger partial charge in [-0.15, -0.1) is 0 Å². The average molecular weight is 329 g/mol. The SMILES string of the molecule is CNC(=O)c1cc(C(=O)OC)cc(CCc2ccccc2O)c1O. The highest BCUT2D eigenvalue weighted by atomic mass is 16.5. The molecule has 0 radical (unpaired) electrons. The first-order valence-corrected chi connectivity index (χ1v) is 7.41. The van der Waals surface area contributed by atoms with Crippen LogP contribution in [0.1, 0.15) is 31.8 Å². The van der Waals surface area contributed by atoms with Gasteiger partial charge in [-0.2, -0.15) is 0 Å². The van der Waals surface area contributed by atoms with Crippen LogP contribution in [-0.2, 0) is 17.6 Å². The van der Waals surface area contributed by atoms with Crippen LogP contribution in [0.3, 0.4) is 0 Å². The van der Waals surface area contributed by atoms with E-state index in [1.807, 2.05) is 0 Å². The molecule has 2 rings (SSSR count). The molecule has 0 unspecified atom stereocenters. The number of phenols is 2. The van der Waals surface area contributed by atoms with E-state index in [-0.39, 0.29) is 22.6 Å². The minimum absolute atomic E-state index is 0.00711. The number of hydrogen-bond donors (Lipinski definition) is 3. The van der Waals surface area contributed by atoms with Crippen LogP contribution in [0.2, 0.25) is 0 Å². The van der Waals surface area contributed by atoms with Gasteiger partial charge in [-0.3, -0.25) is 4.79 Å². The van der Waals surface area contributed by atoms with Crippen LogP contribution in [0.25, 0.3) is 0 Å². The van der Waals surface area contributed by atoms with Gasteiger partial charge in [0.15, 0.2) is 0 Å². The largest absolute Gasteiger partial charge is 0.508 e. The summed E-state index contributed by atoms with van der Waals surface area (Å²) in [6.07, 6.45) is 0.788. The second-order valence-corrected chi connectivity index (χ2v) is 5.23. The smallest absolute Gasteiger partial charge is 0.337 e. The molecule has 2 aromatic carbocycles. The summed E-state index contributed by atoms with van der Waals surface area (Å²) in [5, 5.41) is 22.6. The number of esters is 1. The van der Waals surface area contributed by atoms with Gasteiger partial charge in [0.25, 0.3) is 5.91 Å². The first kappa shape index (κ1) is 17.3. The standard InChI is InChI=1S/C18H19NO5/c1-19-17(22)14-10-13(18(23)24-2)9-12(16(14)21)8-7-11-5-3-4-6-15(11)20/h3-6,9-10,20-21H,7-8H2,1-2H3,(H,19,22). The molecule has 0 atom stereocenters. The zero-order chi connectivity index (χ0) is 17.7. The van der Waals surface area contributed by atoms with Crippen LogP contribution < -0.4 is 5.32 Å². The number of methoxy groups -OCH3 is 1. The minimum atomic E-state index is -0.594. The molecule has 0 aliphatic heterocycles. The number of aromatic hydroxyl groups is 2. The van der Waals surface area contributed by atoms with Crippen molar-refractivity contribution in [1.82, 2.24) is 5.32 Å². The molecule has 0 fully saturated rings. The summed E-state index contributed by atoms with van der Waals surface area (Å²) < 4.78 is 4.69. The van der Waals surface area contributed by atoms with Crippen molar-refractivity contribution in [2.45, 2.75) is 12.8 Å². The summed E-state index contributed by atoms with van der Waals surface area (Å²) in [6.45, 7) is 0. The minimum Gasteiger partial charge on any atom is -0.508 e. The van der Waals surface area contributed by atoms with E-state index in [1.165, 1.54) is 26.3 Å². The number of nitrogens with one attached hydrogen (secondary N) is 1. The molecule has 0 spiro atoms. The van der Waals surface area contributed by atoms with E-state index in [4.69, 9.17) is 0 Å². The fourth-order valence-corrected chi connectivity index (χ4v) is 2.42. The highest BCUT2D eigenvalue weighted by Gasteiger charge is 2.19. The molecule has 6 nitrogen and oxygen atoms in total. The molecule has 126 valence electrons. The van der Waals surface area contributed by atoms with E-state index in [0.29, 0.717) is 24.0 Å². The summed E-state index contributed by atoms with van der Waals surface area (Å²) >= 11 is 0. The number of rotatable bonds is 5. The number of aryl methyl sites for hydroxylation is 2. The number of ether oxygens (including phenoxy) is 1. The van der Waals surface area contributed by atoms with Gasteiger partial charge < -0.3 is 20.3 Å². The number of amides is 1. The van der Waals surface area contributed by atoms with Crippen molar-refractivity contribution in [1.29, 1.82) is 0 Å². The molecular formula is C18H19NO5. The lowest BCUT2D eigenvalue weighted by Gasteiger charge is -2.12. The van der Waals surface area contributed by atoms with Crippen molar-refractivity contribution in [3.63, 3.8) is 0 Å². The highest BCUT2D eigenvalue weighted by molar-refractivity contribution is 6.00. The number of phenolic OH excluding ortho intramolecular Hbond substituents is 2. The van der Waals surface area contributed by atoms with E-state index in [2.05, 4.69) is 10.1 Å². The van der Waals surface area contributed by atoms with E-state index < -0.39 is 11.9 Å². The highest BCUT2D eigenvalue weighted by Crippen LogP contribution is 2.28. The number of carbonyl (C=O) groups excluding carboxylic acids is 2. The fourth-order valence-electron chi connectivity index (χ4n) is 2.42. The van der Waals surface area contributed by atoms with Crippen LogP contribution in [-0.4, -0.2) is 36.2 Å². The first-order chi connectivity index (χ1) is 11.5. The van der Waals surface area contributed by atoms with Crippen LogP contribution in [0, 0.1) is 0 Å². The Kier molecular flexibility index (Phi) is 5.42. The predicted molar refractivity (Wildman–Crippen MR) is 88.4 cm³/mol. The zero-order valence-electron chi connectivity index (χ0n) is 13.5. The van der Waals surface area contributed by atoms with E-state index in [0.717, 1.165) is 0 Å². The first-order valence-electron chi connectivity index (χ1n) is 7.41. The Bertz CT molecular complexity index is 770. The number of para-hydroxylation sites is 1. The number of hydrogen-bond acceptors (Lipinski definition) is 5. The van der Waals surface area contributed by atoms with E-state index in [9.17, 15) is 19.8 Å². The molecule has 2 aromatic rings. The molecule has 0 aliphatic rings. The predicted octanol–water partition coefficient (Wildman–Crippen LogP) is 2.03. The van der Waals surface area contributed by atoms with Crippen LogP contribution >= 0.6 is 0 Å². The van der Waals surface area contributed by atoms with Gasteiger partial charge in [0, 0.05) is 7.05 Å². The Labute approximate surface area is 139 Å². The molecule has 0 saturated carbocycles. The number of benzene rings is 2. The third-order valence-electron chi connectivity index (χ3n) is 3.74. The van der Waals surface area contributed by atoms with Crippen molar-refractivity contribution in [2.75, 3.05) is 14.2 Å². The molecule has 0 aromatic heterocycles. The lowest BCUT2D eigenvalue weighted by Crippen LogP contribution is -2.19. The molecule has 6 heteroatoms. The average Bonchev–Trinajstić information content (AvgIpc) is 2.60. The summed E-state index contributed by atoms with van der Waals surface area (Å²) in [4.78, 5) is 23.7. The Morgan fingerprint density at radius 1 is 1.08 bits per heavy atom. The van der Waals surface area contributed by atoms with Gasteiger partial charge in [-0.1, -0.05) is 18.2 Å². The van der Waals surface area contributed by atoms with Gasteiger partial charge in [0.05, 0.1) is 18.2 Å². The van der Waals surface area contributed by atoms with Gasteiger partial charge in [0.1, 0.15) is 11.5 Å². The topological polar surface area (TPSA) is 95.9 Å². The van der Waals surface area contributed by atoms with Crippen molar-refractivity contribution in [2.24, 2.45) is 0 Å². The summed E-state index contributed by atoms with van der Waals surface area (Å²) in [5.41, 5.74) is 1.33. The van der Waals surface area contributed by atoms with Crippen LogP contribution in [0.4, 0.5) is 0 Å². The van der Waals surface area contributed by atoms with Crippen molar-refractivity contribution in [3.8, 4) is 11.5 Å². The maximum atomic E-state index is 11.9. The lowest BCUT2D eigenvalue weighted by atomic mass is 9.97. The van der Waals surface area contributed by atoms with Crippen molar-refractivity contribution in [3.05, 3.63) is 58.7 Å². The third kappa shape index (κ3) is 3.65. The van der Waals surface area contributed by atoms with E-state index >= 15 is 0 Å². The fraction of sp³-hybridized carbons (Fsp3) is 0.222. The maximum absolute atomic E-state index is 11.9. The molecule has 0 bridgehead atoms. The third-order valence-corrected chi connectivity index (χ3v) is 3.74. The Morgan fingerprint density at radius 3 is 2.38 bits per heavy atom. The van der Waals surface area contributed by atoms with Crippen molar-refractivity contribution < 1.29 is 24.5 Å². The molecule has 0 heterocycles. The molecule has 0 saturated heterocycles. The van der Waals surface area contributed by atoms with Gasteiger partial charge in [-0.05, 0) is 42.2 Å². The van der Waals surface area contributed by atoms with Crippen LogP contribution in [0.5, 0.6) is 11.5 Å². The Balaban J connectivity index is 2.38. The normalized spacial score (nSPS) is 10.2. The zero-order valence-corrected chi connectivity index (χ0v) is 13.5. The second kappa shape index (κ2) is 7.50. The molecular weight excluding hydrogens is 310 g/mol. The Morgan fingerprint density at radius 2 is 1.75 bits per heavy atom. The monoisotopic (exact) mass is 329 g/mol. The lowest BCUT2D eigenvalue weighted by molar-refractivity contribution is 0.0600. The Hall–Kier alpha value is -3.02. The van der Waals surface area contributed by atoms with Gasteiger partial charge in [0.2, 0.25) is 0 Å². The van der Waals surface area contributed by atoms with Gasteiger partial charge in [-0.25, -0.2) is 4.79 Å². The molecule has 0 aliphatic carbocycles.